The summed E-state index contributed by atoms with van der Waals surface area (Å²) in [5.74, 6) is 0.574. The molecule has 1 rings (SSSR count). The van der Waals surface area contributed by atoms with Gasteiger partial charge in [0.05, 0.1) is 0 Å². The molecule has 0 N–H and O–H groups in total. The van der Waals surface area contributed by atoms with Crippen molar-refractivity contribution in [2.45, 2.75) is 13.3 Å². The first-order chi connectivity index (χ1) is 5.72. The van der Waals surface area contributed by atoms with Gasteiger partial charge in [-0.05, 0) is 52.6 Å². The number of hydrogen-bond acceptors (Lipinski definition) is 0. The molecule has 0 heterocycles. The van der Waals surface area contributed by atoms with E-state index in [2.05, 4.69) is 60.4 Å². The smallest absolute Gasteiger partial charge is 0.0130 e. The van der Waals surface area contributed by atoms with Crippen LogP contribution in [0.3, 0.4) is 0 Å². The molecule has 0 aliphatic carbocycles. The molecule has 0 amide bonds. The molecule has 1 heteroatoms. The molecule has 0 saturated carbocycles. The highest BCUT2D eigenvalue weighted by molar-refractivity contribution is 14.1. The Morgan fingerprint density at radius 1 is 1.42 bits per heavy atom. The van der Waals surface area contributed by atoms with Crippen molar-refractivity contribution >= 4 is 22.6 Å². The minimum atomic E-state index is 0.574. The van der Waals surface area contributed by atoms with Crippen LogP contribution in [-0.2, 0) is 6.42 Å². The van der Waals surface area contributed by atoms with E-state index in [9.17, 15) is 0 Å². The van der Waals surface area contributed by atoms with Crippen LogP contribution >= 0.6 is 22.6 Å². The fraction of sp³-hybridized carbons (Fsp3) is 0.273. The van der Waals surface area contributed by atoms with E-state index in [-0.39, 0.29) is 0 Å². The van der Waals surface area contributed by atoms with Crippen molar-refractivity contribution in [2.75, 3.05) is 0 Å². The predicted octanol–water partition coefficient (Wildman–Crippen LogP) is 3.66. The molecule has 64 valence electrons. The van der Waals surface area contributed by atoms with Crippen LogP contribution < -0.4 is 0 Å². The van der Waals surface area contributed by atoms with Crippen molar-refractivity contribution in [3.8, 4) is 0 Å². The van der Waals surface area contributed by atoms with Gasteiger partial charge in [0.1, 0.15) is 0 Å². The molecular weight excluding hydrogens is 259 g/mol. The van der Waals surface area contributed by atoms with Crippen LogP contribution in [0.5, 0.6) is 0 Å². The van der Waals surface area contributed by atoms with Crippen molar-refractivity contribution in [3.05, 3.63) is 46.1 Å². The van der Waals surface area contributed by atoms with Gasteiger partial charge >= 0.3 is 0 Å². The molecule has 0 aromatic heterocycles. The maximum absolute atomic E-state index is 3.77. The van der Waals surface area contributed by atoms with Gasteiger partial charge in [-0.2, -0.15) is 0 Å². The van der Waals surface area contributed by atoms with E-state index in [0.717, 1.165) is 6.42 Å². The Balaban J connectivity index is 2.64. The quantitative estimate of drug-likeness (QED) is 0.582. The largest absolute Gasteiger partial charge is 0.103 e. The summed E-state index contributed by atoms with van der Waals surface area (Å²) in [5.41, 5.74) is 1.39. The zero-order chi connectivity index (χ0) is 8.97. The van der Waals surface area contributed by atoms with E-state index < -0.39 is 0 Å². The molecule has 0 aliphatic heterocycles. The van der Waals surface area contributed by atoms with Crippen molar-refractivity contribution in [1.29, 1.82) is 0 Å². The second kappa shape index (κ2) is 4.65. The van der Waals surface area contributed by atoms with E-state index in [0.29, 0.717) is 5.92 Å². The summed E-state index contributed by atoms with van der Waals surface area (Å²) in [4.78, 5) is 0. The molecule has 1 aromatic rings. The third-order valence-corrected chi connectivity index (χ3v) is 2.59. The van der Waals surface area contributed by atoms with Crippen LogP contribution in [0, 0.1) is 9.49 Å². The van der Waals surface area contributed by atoms with E-state index in [4.69, 9.17) is 0 Å². The molecule has 0 bridgehead atoms. The number of benzene rings is 1. The molecule has 1 atom stereocenters. The highest BCUT2D eigenvalue weighted by Gasteiger charge is 1.97. The molecule has 0 radical (unpaired) electrons. The second-order valence-electron chi connectivity index (χ2n) is 3.04. The van der Waals surface area contributed by atoms with Crippen molar-refractivity contribution in [1.82, 2.24) is 0 Å². The Labute approximate surface area is 87.8 Å². The number of rotatable bonds is 3. The van der Waals surface area contributed by atoms with Gasteiger partial charge in [-0.3, -0.25) is 0 Å². The van der Waals surface area contributed by atoms with Gasteiger partial charge in [0.25, 0.3) is 0 Å². The molecule has 12 heavy (non-hydrogen) atoms. The number of allylic oxidation sites excluding steroid dienone is 1. The lowest BCUT2D eigenvalue weighted by molar-refractivity contribution is 0.725. The lowest BCUT2D eigenvalue weighted by Gasteiger charge is -2.05. The predicted molar refractivity (Wildman–Crippen MR) is 62.2 cm³/mol. The molecule has 0 aliphatic rings. The van der Waals surface area contributed by atoms with Gasteiger partial charge in [0.2, 0.25) is 0 Å². The lowest BCUT2D eigenvalue weighted by Crippen LogP contribution is -1.94. The molecular formula is C11H13I. The minimum absolute atomic E-state index is 0.574. The van der Waals surface area contributed by atoms with Crippen LogP contribution in [0.15, 0.2) is 36.9 Å². The van der Waals surface area contributed by atoms with Gasteiger partial charge in [-0.1, -0.05) is 25.1 Å². The summed E-state index contributed by atoms with van der Waals surface area (Å²) in [6.07, 6.45) is 3.10. The Hall–Kier alpha value is -0.310. The van der Waals surface area contributed by atoms with Gasteiger partial charge < -0.3 is 0 Å². The first kappa shape index (κ1) is 9.78. The topological polar surface area (TPSA) is 0 Å². The highest BCUT2D eigenvalue weighted by atomic mass is 127. The fourth-order valence-electron chi connectivity index (χ4n) is 1.08. The first-order valence-corrected chi connectivity index (χ1v) is 5.17. The third kappa shape index (κ3) is 2.97. The van der Waals surface area contributed by atoms with Crippen LogP contribution in [0.1, 0.15) is 12.5 Å². The highest BCUT2D eigenvalue weighted by Crippen LogP contribution is 2.11. The molecule has 0 saturated heterocycles. The number of hydrogen-bond donors (Lipinski definition) is 0. The zero-order valence-corrected chi connectivity index (χ0v) is 9.41. The molecule has 0 spiro atoms. The van der Waals surface area contributed by atoms with E-state index in [1.54, 1.807) is 0 Å². The van der Waals surface area contributed by atoms with Gasteiger partial charge in [-0.25, -0.2) is 0 Å². The minimum Gasteiger partial charge on any atom is -0.103 e. The zero-order valence-electron chi connectivity index (χ0n) is 7.26. The van der Waals surface area contributed by atoms with Crippen LogP contribution in [0.2, 0.25) is 0 Å². The molecule has 0 nitrogen and oxygen atoms in total. The van der Waals surface area contributed by atoms with E-state index in [1.165, 1.54) is 9.13 Å². The normalized spacial score (nSPS) is 12.5. The third-order valence-electron chi connectivity index (χ3n) is 1.87. The molecule has 0 fully saturated rings. The molecule has 1 unspecified atom stereocenters. The SMILES string of the molecule is C=CC(C)Cc1ccc(I)cc1. The Kier molecular flexibility index (Phi) is 3.79. The first-order valence-electron chi connectivity index (χ1n) is 4.09. The summed E-state index contributed by atoms with van der Waals surface area (Å²) < 4.78 is 1.29. The fourth-order valence-corrected chi connectivity index (χ4v) is 1.44. The summed E-state index contributed by atoms with van der Waals surface area (Å²) in [6.45, 7) is 5.96. The summed E-state index contributed by atoms with van der Waals surface area (Å²) in [6, 6.07) is 8.65. The summed E-state index contributed by atoms with van der Waals surface area (Å²) in [7, 11) is 0. The second-order valence-corrected chi connectivity index (χ2v) is 4.29. The maximum atomic E-state index is 3.77. The van der Waals surface area contributed by atoms with Crippen LogP contribution in [0.4, 0.5) is 0 Å². The van der Waals surface area contributed by atoms with Gasteiger partial charge in [0, 0.05) is 3.57 Å². The average molecular weight is 272 g/mol. The number of halogens is 1. The Bertz CT molecular complexity index is 248. The average Bonchev–Trinajstić information content (AvgIpc) is 2.09. The monoisotopic (exact) mass is 272 g/mol. The van der Waals surface area contributed by atoms with Gasteiger partial charge in [0.15, 0.2) is 0 Å². The van der Waals surface area contributed by atoms with Crippen molar-refractivity contribution in [3.63, 3.8) is 0 Å². The van der Waals surface area contributed by atoms with Gasteiger partial charge in [-0.15, -0.1) is 6.58 Å². The standard InChI is InChI=1S/C11H13I/c1-3-9(2)8-10-4-6-11(12)7-5-10/h3-7,9H,1,8H2,2H3. The molecule has 1 aromatic carbocycles. The van der Waals surface area contributed by atoms with E-state index >= 15 is 0 Å². The maximum Gasteiger partial charge on any atom is 0.0130 e. The Morgan fingerprint density at radius 3 is 2.50 bits per heavy atom. The van der Waals surface area contributed by atoms with Crippen LogP contribution in [-0.4, -0.2) is 0 Å². The summed E-state index contributed by atoms with van der Waals surface area (Å²) >= 11 is 2.32. The Morgan fingerprint density at radius 2 is 2.00 bits per heavy atom. The van der Waals surface area contributed by atoms with Crippen molar-refractivity contribution < 1.29 is 0 Å². The van der Waals surface area contributed by atoms with E-state index in [1.807, 2.05) is 6.08 Å². The lowest BCUT2D eigenvalue weighted by atomic mass is 10.0. The van der Waals surface area contributed by atoms with Crippen molar-refractivity contribution in [2.24, 2.45) is 5.92 Å². The summed E-state index contributed by atoms with van der Waals surface area (Å²) in [5, 5.41) is 0. The van der Waals surface area contributed by atoms with Crippen LogP contribution in [0.25, 0.3) is 0 Å².